The molecular formula is C26H34O6. The quantitative estimate of drug-likeness (QED) is 0.609. The molecule has 174 valence electrons. The highest BCUT2D eigenvalue weighted by Crippen LogP contribution is 2.66. The van der Waals surface area contributed by atoms with Crippen LogP contribution in [0, 0.1) is 28.6 Å². The Morgan fingerprint density at radius 3 is 2.50 bits per heavy atom. The van der Waals surface area contributed by atoms with Crippen molar-refractivity contribution in [2.24, 2.45) is 28.6 Å². The fourth-order valence-corrected chi connectivity index (χ4v) is 7.50. The Balaban J connectivity index is 1.74. The van der Waals surface area contributed by atoms with E-state index < -0.39 is 35.3 Å². The van der Waals surface area contributed by atoms with Gasteiger partial charge in [-0.25, -0.2) is 0 Å². The first-order chi connectivity index (χ1) is 14.9. The lowest BCUT2D eigenvalue weighted by Crippen LogP contribution is -2.62. The number of esters is 2. The molecule has 0 bridgehead atoms. The molecule has 0 saturated heterocycles. The van der Waals surface area contributed by atoms with Crippen molar-refractivity contribution < 1.29 is 28.7 Å². The number of Topliss-reactive ketones (excluding diaryl/α,β-unsaturated/α-hetero) is 2. The molecule has 0 amide bonds. The molecule has 0 heterocycles. The highest BCUT2D eigenvalue weighted by atomic mass is 16.6. The maximum absolute atomic E-state index is 13.8. The summed E-state index contributed by atoms with van der Waals surface area (Å²) in [6, 6.07) is 0. The van der Waals surface area contributed by atoms with Gasteiger partial charge in [-0.15, -0.1) is 0 Å². The van der Waals surface area contributed by atoms with Crippen molar-refractivity contribution in [3.05, 3.63) is 23.3 Å². The summed E-state index contributed by atoms with van der Waals surface area (Å²) < 4.78 is 10.8. The minimum absolute atomic E-state index is 0.0763. The summed E-state index contributed by atoms with van der Waals surface area (Å²) in [5.41, 5.74) is 0.194. The molecule has 0 N–H and O–H groups in total. The second kappa shape index (κ2) is 7.67. The molecule has 4 aliphatic rings. The summed E-state index contributed by atoms with van der Waals surface area (Å²) in [5.74, 6) is -1.27. The summed E-state index contributed by atoms with van der Waals surface area (Å²) in [6.07, 6.45) is 8.54. The molecule has 6 heteroatoms. The van der Waals surface area contributed by atoms with Gasteiger partial charge in [0.15, 0.2) is 12.2 Å². The monoisotopic (exact) mass is 442 g/mol. The number of hydrogen-bond donors (Lipinski definition) is 0. The summed E-state index contributed by atoms with van der Waals surface area (Å²) in [7, 11) is 0. The molecule has 0 aliphatic heterocycles. The van der Waals surface area contributed by atoms with Crippen molar-refractivity contribution in [3.8, 4) is 0 Å². The van der Waals surface area contributed by atoms with Crippen LogP contribution in [-0.2, 0) is 28.7 Å². The molecule has 4 rings (SSSR count). The Morgan fingerprint density at radius 2 is 1.84 bits per heavy atom. The van der Waals surface area contributed by atoms with Gasteiger partial charge in [0.25, 0.3) is 0 Å². The topological polar surface area (TPSA) is 86.7 Å². The highest BCUT2D eigenvalue weighted by molar-refractivity contribution is 5.95. The van der Waals surface area contributed by atoms with Gasteiger partial charge in [-0.05, 0) is 56.4 Å². The average Bonchev–Trinajstić information content (AvgIpc) is 2.98. The van der Waals surface area contributed by atoms with Crippen molar-refractivity contribution in [1.82, 2.24) is 0 Å². The van der Waals surface area contributed by atoms with E-state index in [-0.39, 0.29) is 35.4 Å². The Hall–Kier alpha value is -2.24. The maximum atomic E-state index is 13.8. The van der Waals surface area contributed by atoms with E-state index in [2.05, 4.69) is 26.0 Å². The second-order valence-corrected chi connectivity index (χ2v) is 10.8. The number of allylic oxidation sites excluding steroid dienone is 4. The molecule has 0 aromatic carbocycles. The average molecular weight is 443 g/mol. The first kappa shape index (κ1) is 22.9. The fraction of sp³-hybridized carbons (Fsp3) is 0.692. The number of carbonyl (C=O) groups excluding carboxylic acids is 4. The molecule has 2 fully saturated rings. The summed E-state index contributed by atoms with van der Waals surface area (Å²) in [6.45, 7) is 8.38. The van der Waals surface area contributed by atoms with Gasteiger partial charge in [-0.2, -0.15) is 0 Å². The third-order valence-corrected chi connectivity index (χ3v) is 8.95. The molecule has 32 heavy (non-hydrogen) atoms. The van der Waals surface area contributed by atoms with Gasteiger partial charge >= 0.3 is 11.9 Å². The van der Waals surface area contributed by atoms with Crippen LogP contribution in [0.15, 0.2) is 23.3 Å². The van der Waals surface area contributed by atoms with Crippen LogP contribution >= 0.6 is 0 Å². The predicted molar refractivity (Wildman–Crippen MR) is 117 cm³/mol. The fourth-order valence-electron chi connectivity index (χ4n) is 7.50. The van der Waals surface area contributed by atoms with Crippen molar-refractivity contribution in [1.29, 1.82) is 0 Å². The van der Waals surface area contributed by atoms with Crippen LogP contribution in [0.2, 0.25) is 0 Å². The highest BCUT2D eigenvalue weighted by Gasteiger charge is 2.70. The zero-order chi connectivity index (χ0) is 23.5. The van der Waals surface area contributed by atoms with E-state index in [0.29, 0.717) is 12.8 Å². The van der Waals surface area contributed by atoms with E-state index in [1.807, 2.05) is 6.92 Å². The number of ketones is 2. The van der Waals surface area contributed by atoms with E-state index >= 15 is 0 Å². The predicted octanol–water partition coefficient (Wildman–Crippen LogP) is 4.12. The van der Waals surface area contributed by atoms with E-state index in [0.717, 1.165) is 19.3 Å². The van der Waals surface area contributed by atoms with E-state index in [4.69, 9.17) is 9.47 Å². The first-order valence-electron chi connectivity index (χ1n) is 11.7. The molecule has 4 aliphatic carbocycles. The largest absolute Gasteiger partial charge is 0.458 e. The number of rotatable bonds is 4. The SMILES string of the molecule is CC(=O)OCC(=O)[C@@]1(OC(C)=O)CC[C@H]2[C@@H]3CC=C4C=C(C)CC[C@]4(C)[C@H]3C(=O)C[C@@]21C. The summed E-state index contributed by atoms with van der Waals surface area (Å²) in [4.78, 5) is 50.6. The Bertz CT molecular complexity index is 944. The van der Waals surface area contributed by atoms with Crippen molar-refractivity contribution in [2.75, 3.05) is 6.61 Å². The van der Waals surface area contributed by atoms with Gasteiger partial charge in [0, 0.05) is 37.0 Å². The number of hydrogen-bond acceptors (Lipinski definition) is 6. The summed E-state index contributed by atoms with van der Waals surface area (Å²) >= 11 is 0. The normalized spacial score (nSPS) is 40.3. The first-order valence-corrected chi connectivity index (χ1v) is 11.7. The Kier molecular flexibility index (Phi) is 5.50. The molecule has 0 radical (unpaired) electrons. The van der Waals surface area contributed by atoms with Crippen LogP contribution in [0.5, 0.6) is 0 Å². The smallest absolute Gasteiger partial charge is 0.303 e. The molecule has 0 aromatic rings. The van der Waals surface area contributed by atoms with Crippen molar-refractivity contribution in [3.63, 3.8) is 0 Å². The maximum Gasteiger partial charge on any atom is 0.303 e. The van der Waals surface area contributed by atoms with Crippen molar-refractivity contribution >= 4 is 23.5 Å². The minimum Gasteiger partial charge on any atom is -0.458 e. The standard InChI is InChI=1S/C26H34O6/c1-15-8-10-24(4)18(12-15)6-7-19-20-9-11-26(32-17(3)28,22(30)14-31-16(2)27)25(20,5)13-21(29)23(19)24/h6,12,19-20,23H,7-11,13-14H2,1-5H3/t19-,20-,23+,24-,25-,26-/m0/s1. The number of carbonyl (C=O) groups is 4. The summed E-state index contributed by atoms with van der Waals surface area (Å²) in [5, 5.41) is 0. The van der Waals surface area contributed by atoms with E-state index in [1.165, 1.54) is 25.0 Å². The molecule has 0 unspecified atom stereocenters. The lowest BCUT2D eigenvalue weighted by molar-refractivity contribution is -0.191. The van der Waals surface area contributed by atoms with Gasteiger partial charge in [0.2, 0.25) is 5.78 Å². The van der Waals surface area contributed by atoms with Gasteiger partial charge in [-0.3, -0.25) is 19.2 Å². The van der Waals surface area contributed by atoms with E-state index in [9.17, 15) is 19.2 Å². The van der Waals surface area contributed by atoms with Crippen LogP contribution in [0.1, 0.15) is 73.1 Å². The molecular weight excluding hydrogens is 408 g/mol. The molecule has 6 atom stereocenters. The molecule has 0 aromatic heterocycles. The zero-order valence-electron chi connectivity index (χ0n) is 19.8. The minimum atomic E-state index is -1.44. The number of ether oxygens (including phenoxy) is 2. The second-order valence-electron chi connectivity index (χ2n) is 10.8. The zero-order valence-corrected chi connectivity index (χ0v) is 19.8. The Morgan fingerprint density at radius 1 is 1.12 bits per heavy atom. The van der Waals surface area contributed by atoms with Crippen LogP contribution < -0.4 is 0 Å². The third-order valence-electron chi connectivity index (χ3n) is 8.95. The molecule has 0 spiro atoms. The lowest BCUT2D eigenvalue weighted by atomic mass is 9.46. The van der Waals surface area contributed by atoms with Crippen LogP contribution in [-0.4, -0.2) is 35.7 Å². The Labute approximate surface area is 189 Å². The van der Waals surface area contributed by atoms with Crippen LogP contribution in [0.3, 0.4) is 0 Å². The van der Waals surface area contributed by atoms with Gasteiger partial charge in [0.05, 0.1) is 0 Å². The number of fused-ring (bicyclic) bond motifs is 5. The van der Waals surface area contributed by atoms with Crippen molar-refractivity contribution in [2.45, 2.75) is 78.7 Å². The van der Waals surface area contributed by atoms with Gasteiger partial charge < -0.3 is 9.47 Å². The molecule has 2 saturated carbocycles. The molecule has 6 nitrogen and oxygen atoms in total. The van der Waals surface area contributed by atoms with Crippen LogP contribution in [0.4, 0.5) is 0 Å². The van der Waals surface area contributed by atoms with E-state index in [1.54, 1.807) is 0 Å². The van der Waals surface area contributed by atoms with Crippen LogP contribution in [0.25, 0.3) is 0 Å². The lowest BCUT2D eigenvalue weighted by Gasteiger charge is -2.57. The van der Waals surface area contributed by atoms with Gasteiger partial charge in [-0.1, -0.05) is 31.6 Å². The van der Waals surface area contributed by atoms with Gasteiger partial charge in [0.1, 0.15) is 5.78 Å². The third kappa shape index (κ3) is 3.20.